The predicted molar refractivity (Wildman–Crippen MR) is 176 cm³/mol. The summed E-state index contributed by atoms with van der Waals surface area (Å²) in [6.45, 7) is 3.12. The van der Waals surface area contributed by atoms with Crippen LogP contribution in [0.2, 0.25) is 0 Å². The molecule has 1 aromatic carbocycles. The first kappa shape index (κ1) is 37.7. The molecule has 290 valence electrons. The van der Waals surface area contributed by atoms with Gasteiger partial charge in [0.15, 0.2) is 18.4 Å². The highest BCUT2D eigenvalue weighted by Crippen LogP contribution is 2.63. The number of aliphatic hydroxyl groups is 1. The van der Waals surface area contributed by atoms with Gasteiger partial charge in [0.1, 0.15) is 35.4 Å². The van der Waals surface area contributed by atoms with Crippen LogP contribution < -0.4 is 5.32 Å². The molecular weight excluding hydrogens is 705 g/mol. The molecule has 7 rings (SSSR count). The minimum absolute atomic E-state index is 0.0320. The van der Waals surface area contributed by atoms with Gasteiger partial charge in [-0.05, 0) is 70.1 Å². The summed E-state index contributed by atoms with van der Waals surface area (Å²) in [6, 6.07) is 4.62. The van der Waals surface area contributed by atoms with E-state index in [1.165, 1.54) is 11.1 Å². The van der Waals surface area contributed by atoms with Crippen molar-refractivity contribution in [3.8, 4) is 0 Å². The largest absolute Gasteiger partial charge is 0.460 e. The van der Waals surface area contributed by atoms with Crippen molar-refractivity contribution >= 4 is 29.9 Å². The van der Waals surface area contributed by atoms with Crippen LogP contribution in [0.1, 0.15) is 76.8 Å². The Morgan fingerprint density at radius 3 is 2.32 bits per heavy atom. The van der Waals surface area contributed by atoms with E-state index in [1.54, 1.807) is 45.0 Å². The Balaban J connectivity index is 1.13. The van der Waals surface area contributed by atoms with Crippen LogP contribution in [0.4, 0.5) is 13.2 Å². The summed E-state index contributed by atoms with van der Waals surface area (Å²) in [5.41, 5.74) is -1.04. The molecule has 0 unspecified atom stereocenters. The molecule has 2 N–H and O–H groups in total. The van der Waals surface area contributed by atoms with E-state index in [0.29, 0.717) is 11.1 Å². The maximum atomic E-state index is 14.6. The Hall–Kier alpha value is -3.57. The molecule has 7 atom stereocenters. The zero-order chi connectivity index (χ0) is 37.9. The van der Waals surface area contributed by atoms with Gasteiger partial charge >= 0.3 is 24.1 Å². The van der Waals surface area contributed by atoms with Gasteiger partial charge in [-0.25, -0.2) is 4.79 Å². The fraction of sp³-hybridized carbons (Fsp3) is 0.676. The fourth-order valence-electron chi connectivity index (χ4n) is 8.16. The Kier molecular flexibility index (Phi) is 9.92. The molecule has 53 heavy (non-hydrogen) atoms. The first-order valence-electron chi connectivity index (χ1n) is 18.1. The minimum atomic E-state index is -4.64. The van der Waals surface area contributed by atoms with Crippen molar-refractivity contribution in [1.82, 2.24) is 10.4 Å². The topological polar surface area (TPSA) is 159 Å². The van der Waals surface area contributed by atoms with Crippen LogP contribution in [0.3, 0.4) is 0 Å². The number of nitrogens with zero attached hydrogens (tertiary/aromatic N) is 1. The van der Waals surface area contributed by atoms with Crippen molar-refractivity contribution in [2.45, 2.75) is 126 Å². The summed E-state index contributed by atoms with van der Waals surface area (Å²) in [4.78, 5) is 59.4. The highest BCUT2D eigenvalue weighted by atomic mass is 19.4. The lowest BCUT2D eigenvalue weighted by atomic mass is 9.62. The van der Waals surface area contributed by atoms with E-state index in [9.17, 15) is 37.5 Å². The van der Waals surface area contributed by atoms with Crippen LogP contribution in [0.15, 0.2) is 30.3 Å². The zero-order valence-electron chi connectivity index (χ0n) is 29.8. The SMILES string of the molecule is CC(C)(C)OC(=O)CC[C@@H](CO)NC(=O)[C@@]12C[C@H]3OC(=O)[C@@H]1N(Cc1ccc(C=CC(=O)OCC(F)(F)F)cc1)O[C@@H]2[C@H]1OC(C2CC2)(C2CC2)O[C@H]13. The summed E-state index contributed by atoms with van der Waals surface area (Å²) in [5, 5.41) is 14.6. The number of carbonyl (C=O) groups is 4. The molecule has 3 heterocycles. The van der Waals surface area contributed by atoms with Gasteiger partial charge in [0, 0.05) is 30.8 Å². The summed E-state index contributed by atoms with van der Waals surface area (Å²) < 4.78 is 66.4. The summed E-state index contributed by atoms with van der Waals surface area (Å²) >= 11 is 0. The summed E-state index contributed by atoms with van der Waals surface area (Å²) in [6.07, 6.45) is -1.63. The average molecular weight is 751 g/mol. The van der Waals surface area contributed by atoms with Crippen LogP contribution in [0.5, 0.6) is 0 Å². The summed E-state index contributed by atoms with van der Waals surface area (Å²) in [7, 11) is 0. The number of hydrogen-bond acceptors (Lipinski definition) is 12. The van der Waals surface area contributed by atoms with E-state index in [2.05, 4.69) is 10.1 Å². The highest BCUT2D eigenvalue weighted by Gasteiger charge is 2.78. The van der Waals surface area contributed by atoms with Crippen molar-refractivity contribution in [3.05, 3.63) is 41.5 Å². The van der Waals surface area contributed by atoms with Gasteiger partial charge in [-0.2, -0.15) is 18.2 Å². The van der Waals surface area contributed by atoms with Crippen molar-refractivity contribution in [1.29, 1.82) is 0 Å². The number of aliphatic hydroxyl groups excluding tert-OH is 1. The van der Waals surface area contributed by atoms with E-state index in [4.69, 9.17) is 23.8 Å². The highest BCUT2D eigenvalue weighted by molar-refractivity contribution is 5.94. The smallest absolute Gasteiger partial charge is 0.422 e. The monoisotopic (exact) mass is 750 g/mol. The third kappa shape index (κ3) is 7.70. The van der Waals surface area contributed by atoms with Gasteiger partial charge in [0.2, 0.25) is 5.91 Å². The second-order valence-electron chi connectivity index (χ2n) is 15.9. The lowest BCUT2D eigenvalue weighted by Crippen LogP contribution is -2.70. The molecule has 3 aliphatic heterocycles. The molecule has 1 aromatic rings. The fourth-order valence-corrected chi connectivity index (χ4v) is 8.16. The first-order valence-corrected chi connectivity index (χ1v) is 18.1. The molecule has 3 aliphatic carbocycles. The molecule has 6 aliphatic rings. The molecule has 3 saturated carbocycles. The number of esters is 3. The molecule has 16 heteroatoms. The maximum Gasteiger partial charge on any atom is 0.422 e. The number of carbonyl (C=O) groups excluding carboxylic acids is 4. The van der Waals surface area contributed by atoms with Crippen LogP contribution in [0.25, 0.3) is 6.08 Å². The number of hydroxylamine groups is 2. The number of benzene rings is 1. The van der Waals surface area contributed by atoms with Gasteiger partial charge in [-0.1, -0.05) is 24.3 Å². The number of amides is 1. The van der Waals surface area contributed by atoms with Crippen LogP contribution in [-0.2, 0) is 54.2 Å². The molecule has 13 nitrogen and oxygen atoms in total. The van der Waals surface area contributed by atoms with E-state index in [-0.39, 0.29) is 37.6 Å². The van der Waals surface area contributed by atoms with Gasteiger partial charge in [-0.15, -0.1) is 0 Å². The van der Waals surface area contributed by atoms with E-state index >= 15 is 0 Å². The molecule has 1 amide bonds. The van der Waals surface area contributed by atoms with Crippen molar-refractivity contribution in [2.24, 2.45) is 17.3 Å². The van der Waals surface area contributed by atoms with Crippen LogP contribution >= 0.6 is 0 Å². The third-order valence-electron chi connectivity index (χ3n) is 10.7. The third-order valence-corrected chi connectivity index (χ3v) is 10.7. The van der Waals surface area contributed by atoms with Crippen molar-refractivity contribution < 1.29 is 66.0 Å². The molecule has 6 fully saturated rings. The number of ether oxygens (including phenoxy) is 5. The molecule has 0 spiro atoms. The van der Waals surface area contributed by atoms with Crippen molar-refractivity contribution in [3.63, 3.8) is 0 Å². The molecular formula is C37H45F3N2O11. The second-order valence-corrected chi connectivity index (χ2v) is 15.9. The average Bonchev–Trinajstić information content (AvgIpc) is 4.03. The second kappa shape index (κ2) is 13.9. The first-order chi connectivity index (χ1) is 25.0. The number of nitrogens with one attached hydrogen (secondary N) is 1. The lowest BCUT2D eigenvalue weighted by molar-refractivity contribution is -0.235. The van der Waals surface area contributed by atoms with Crippen LogP contribution in [0, 0.1) is 17.3 Å². The van der Waals surface area contributed by atoms with E-state index in [0.717, 1.165) is 31.8 Å². The number of rotatable bonds is 13. The Bertz CT molecular complexity index is 1610. The number of fused-ring (bicyclic) bond motifs is 4. The lowest BCUT2D eigenvalue weighted by Gasteiger charge is -2.49. The van der Waals surface area contributed by atoms with E-state index in [1.807, 2.05) is 0 Å². The molecule has 0 radical (unpaired) electrons. The van der Waals surface area contributed by atoms with Gasteiger partial charge < -0.3 is 34.1 Å². The van der Waals surface area contributed by atoms with Gasteiger partial charge in [0.25, 0.3) is 0 Å². The number of hydrogen-bond donors (Lipinski definition) is 2. The Morgan fingerprint density at radius 1 is 1.06 bits per heavy atom. The standard InChI is InChI=1S/C37H45F3N2O11/c1-34(2,3)50-27(45)15-13-24(18-43)41-33(47)35-16-25-28-29(52-37(51-28,22-9-10-22)23-11-12-23)31(35)53-42(30(35)32(46)49-25)17-21-6-4-20(5-7-21)8-14-26(44)48-19-36(38,39)40/h4-8,14,22-25,28-31,43H,9-13,15-19H2,1-3H3,(H,41,47)/t24-,25+,28-,29-,30-,31+,35-/m0/s1. The maximum absolute atomic E-state index is 14.6. The molecule has 2 bridgehead atoms. The summed E-state index contributed by atoms with van der Waals surface area (Å²) in [5.74, 6) is -3.27. The number of alkyl halides is 3. The molecule has 3 saturated heterocycles. The van der Waals surface area contributed by atoms with E-state index < -0.39 is 96.5 Å². The normalized spacial score (nSPS) is 31.2. The zero-order valence-corrected chi connectivity index (χ0v) is 29.8. The quantitative estimate of drug-likeness (QED) is 0.172. The van der Waals surface area contributed by atoms with Gasteiger partial charge in [0.05, 0.1) is 19.2 Å². The Labute approximate surface area is 304 Å². The Morgan fingerprint density at radius 2 is 1.72 bits per heavy atom. The minimum Gasteiger partial charge on any atom is -0.460 e. The number of halogens is 3. The van der Waals surface area contributed by atoms with Crippen molar-refractivity contribution in [2.75, 3.05) is 13.2 Å². The molecule has 0 aromatic heterocycles. The predicted octanol–water partition coefficient (Wildman–Crippen LogP) is 3.50. The van der Waals surface area contributed by atoms with Crippen LogP contribution in [-0.4, -0.2) is 101 Å². The van der Waals surface area contributed by atoms with Gasteiger partial charge in [-0.3, -0.25) is 19.2 Å².